The molecule has 0 aliphatic carbocycles. The molecule has 0 radical (unpaired) electrons. The number of ether oxygens (including phenoxy) is 2. The SMILES string of the molecule is CCOCc1ccc(CNC(=O)C2CCCN(C(=O)c3ccccc3OC(F)F)C2)cc1. The Hall–Kier alpha value is -3.00. The Bertz CT molecular complexity index is 905. The molecule has 172 valence electrons. The van der Waals surface area contributed by atoms with Gasteiger partial charge in [0.25, 0.3) is 5.91 Å². The zero-order valence-corrected chi connectivity index (χ0v) is 18.1. The van der Waals surface area contributed by atoms with Gasteiger partial charge in [-0.1, -0.05) is 36.4 Å². The van der Waals surface area contributed by atoms with Gasteiger partial charge in [-0.3, -0.25) is 9.59 Å². The molecule has 1 aliphatic rings. The minimum absolute atomic E-state index is 0.0704. The van der Waals surface area contributed by atoms with E-state index >= 15 is 0 Å². The van der Waals surface area contributed by atoms with E-state index < -0.39 is 12.5 Å². The van der Waals surface area contributed by atoms with Crippen molar-refractivity contribution < 1.29 is 27.8 Å². The van der Waals surface area contributed by atoms with Crippen molar-refractivity contribution in [3.63, 3.8) is 0 Å². The average molecular weight is 446 g/mol. The Morgan fingerprint density at radius 1 is 1.12 bits per heavy atom. The maximum absolute atomic E-state index is 12.9. The van der Waals surface area contributed by atoms with E-state index in [1.54, 1.807) is 6.07 Å². The summed E-state index contributed by atoms with van der Waals surface area (Å²) in [5.41, 5.74) is 2.11. The third kappa shape index (κ3) is 6.50. The van der Waals surface area contributed by atoms with Crippen LogP contribution < -0.4 is 10.1 Å². The fraction of sp³-hybridized carbons (Fsp3) is 0.417. The molecule has 0 saturated carbocycles. The molecular weight excluding hydrogens is 418 g/mol. The molecule has 2 amide bonds. The molecule has 1 heterocycles. The van der Waals surface area contributed by atoms with Gasteiger partial charge in [0.1, 0.15) is 5.75 Å². The number of likely N-dealkylation sites (tertiary alicyclic amines) is 1. The van der Waals surface area contributed by atoms with E-state index in [-0.39, 0.29) is 29.7 Å². The first kappa shape index (κ1) is 23.7. The van der Waals surface area contributed by atoms with Crippen LogP contribution in [-0.2, 0) is 22.7 Å². The van der Waals surface area contributed by atoms with Crippen molar-refractivity contribution >= 4 is 11.8 Å². The molecule has 1 fully saturated rings. The predicted molar refractivity (Wildman–Crippen MR) is 115 cm³/mol. The number of nitrogens with one attached hydrogen (secondary N) is 1. The summed E-state index contributed by atoms with van der Waals surface area (Å²) in [6.45, 7) is 1.23. The zero-order chi connectivity index (χ0) is 22.9. The van der Waals surface area contributed by atoms with Gasteiger partial charge in [0.15, 0.2) is 0 Å². The largest absolute Gasteiger partial charge is 0.434 e. The van der Waals surface area contributed by atoms with Gasteiger partial charge < -0.3 is 19.7 Å². The van der Waals surface area contributed by atoms with Crippen LogP contribution in [0, 0.1) is 5.92 Å². The second-order valence-corrected chi connectivity index (χ2v) is 7.64. The number of para-hydroxylation sites is 1. The lowest BCUT2D eigenvalue weighted by Gasteiger charge is -2.32. The highest BCUT2D eigenvalue weighted by Crippen LogP contribution is 2.25. The van der Waals surface area contributed by atoms with Gasteiger partial charge in [0.2, 0.25) is 5.91 Å². The van der Waals surface area contributed by atoms with E-state index in [0.29, 0.717) is 39.1 Å². The lowest BCUT2D eigenvalue weighted by atomic mass is 9.96. The van der Waals surface area contributed by atoms with E-state index in [9.17, 15) is 18.4 Å². The molecule has 2 aromatic carbocycles. The lowest BCUT2D eigenvalue weighted by molar-refractivity contribution is -0.126. The van der Waals surface area contributed by atoms with Gasteiger partial charge in [0.05, 0.1) is 18.1 Å². The van der Waals surface area contributed by atoms with Gasteiger partial charge in [-0.25, -0.2) is 0 Å². The molecule has 0 spiro atoms. The highest BCUT2D eigenvalue weighted by Gasteiger charge is 2.30. The molecule has 6 nitrogen and oxygen atoms in total. The Morgan fingerprint density at radius 2 is 1.84 bits per heavy atom. The highest BCUT2D eigenvalue weighted by molar-refractivity contribution is 5.97. The van der Waals surface area contributed by atoms with Crippen molar-refractivity contribution in [1.29, 1.82) is 0 Å². The second kappa shape index (κ2) is 11.6. The fourth-order valence-electron chi connectivity index (χ4n) is 3.69. The molecule has 32 heavy (non-hydrogen) atoms. The van der Waals surface area contributed by atoms with Crippen molar-refractivity contribution in [2.75, 3.05) is 19.7 Å². The van der Waals surface area contributed by atoms with Crippen LogP contribution in [0.15, 0.2) is 48.5 Å². The lowest BCUT2D eigenvalue weighted by Crippen LogP contribution is -2.45. The number of hydrogen-bond donors (Lipinski definition) is 1. The van der Waals surface area contributed by atoms with Gasteiger partial charge in [-0.2, -0.15) is 8.78 Å². The number of piperidine rings is 1. The Labute approximate surface area is 186 Å². The van der Waals surface area contributed by atoms with Crippen molar-refractivity contribution in [1.82, 2.24) is 10.2 Å². The standard InChI is InChI=1S/C24H28F2N2O4/c1-2-31-16-18-11-9-17(10-12-18)14-27-22(29)19-6-5-13-28(15-19)23(30)20-7-3-4-8-21(20)32-24(25)26/h3-4,7-12,19,24H,2,5-6,13-16H2,1H3,(H,27,29). The topological polar surface area (TPSA) is 67.9 Å². The molecule has 1 N–H and O–H groups in total. The first-order valence-electron chi connectivity index (χ1n) is 10.7. The van der Waals surface area contributed by atoms with Crippen LogP contribution in [0.4, 0.5) is 8.78 Å². The summed E-state index contributed by atoms with van der Waals surface area (Å²) < 4.78 is 35.2. The molecule has 1 saturated heterocycles. The minimum Gasteiger partial charge on any atom is -0.434 e. The summed E-state index contributed by atoms with van der Waals surface area (Å²) >= 11 is 0. The monoisotopic (exact) mass is 446 g/mol. The summed E-state index contributed by atoms with van der Waals surface area (Å²) in [5, 5.41) is 2.94. The van der Waals surface area contributed by atoms with Crippen molar-refractivity contribution in [2.24, 2.45) is 5.92 Å². The van der Waals surface area contributed by atoms with E-state index in [4.69, 9.17) is 4.74 Å². The van der Waals surface area contributed by atoms with Crippen LogP contribution in [0.3, 0.4) is 0 Å². The van der Waals surface area contributed by atoms with E-state index in [1.807, 2.05) is 31.2 Å². The molecule has 3 rings (SSSR count). The number of rotatable bonds is 9. The number of halogens is 2. The molecule has 1 atom stereocenters. The second-order valence-electron chi connectivity index (χ2n) is 7.64. The molecule has 1 unspecified atom stereocenters. The predicted octanol–water partition coefficient (Wildman–Crippen LogP) is 3.99. The van der Waals surface area contributed by atoms with Crippen LogP contribution in [0.25, 0.3) is 0 Å². The Kier molecular flexibility index (Phi) is 8.56. The quantitative estimate of drug-likeness (QED) is 0.633. The van der Waals surface area contributed by atoms with Crippen LogP contribution in [0.1, 0.15) is 41.3 Å². The third-order valence-corrected chi connectivity index (χ3v) is 5.38. The number of carbonyl (C=O) groups excluding carboxylic acids is 2. The molecule has 2 aromatic rings. The summed E-state index contributed by atoms with van der Waals surface area (Å²) in [7, 11) is 0. The Morgan fingerprint density at radius 3 is 2.56 bits per heavy atom. The number of benzene rings is 2. The molecular formula is C24H28F2N2O4. The van der Waals surface area contributed by atoms with Gasteiger partial charge in [-0.15, -0.1) is 0 Å². The van der Waals surface area contributed by atoms with Crippen molar-refractivity contribution in [3.05, 3.63) is 65.2 Å². The van der Waals surface area contributed by atoms with Gasteiger partial charge in [0, 0.05) is 26.2 Å². The highest BCUT2D eigenvalue weighted by atomic mass is 19.3. The van der Waals surface area contributed by atoms with Gasteiger partial charge in [-0.05, 0) is 43.0 Å². The van der Waals surface area contributed by atoms with E-state index in [2.05, 4.69) is 10.1 Å². The molecule has 0 aromatic heterocycles. The van der Waals surface area contributed by atoms with Crippen molar-refractivity contribution in [3.8, 4) is 5.75 Å². The maximum atomic E-state index is 12.9. The first-order valence-corrected chi connectivity index (χ1v) is 10.7. The summed E-state index contributed by atoms with van der Waals surface area (Å²) in [5.74, 6) is -1.05. The third-order valence-electron chi connectivity index (χ3n) is 5.38. The van der Waals surface area contributed by atoms with Crippen LogP contribution in [-0.4, -0.2) is 43.0 Å². The van der Waals surface area contributed by atoms with E-state index in [0.717, 1.165) is 11.1 Å². The molecule has 1 aliphatic heterocycles. The Balaban J connectivity index is 1.56. The minimum atomic E-state index is -3.02. The summed E-state index contributed by atoms with van der Waals surface area (Å²) in [6.07, 6.45) is 1.33. The number of alkyl halides is 2. The number of nitrogens with zero attached hydrogens (tertiary/aromatic N) is 1. The fourth-order valence-corrected chi connectivity index (χ4v) is 3.69. The summed E-state index contributed by atoms with van der Waals surface area (Å²) in [4.78, 5) is 27.2. The van der Waals surface area contributed by atoms with Crippen molar-refractivity contribution in [2.45, 2.75) is 39.5 Å². The van der Waals surface area contributed by atoms with Crippen LogP contribution in [0.2, 0.25) is 0 Å². The first-order chi connectivity index (χ1) is 15.5. The van der Waals surface area contributed by atoms with Crippen LogP contribution in [0.5, 0.6) is 5.75 Å². The summed E-state index contributed by atoms with van der Waals surface area (Å²) in [6, 6.07) is 13.8. The maximum Gasteiger partial charge on any atom is 0.387 e. The zero-order valence-electron chi connectivity index (χ0n) is 18.1. The number of amides is 2. The van der Waals surface area contributed by atoms with E-state index in [1.165, 1.54) is 23.1 Å². The normalized spacial score (nSPS) is 16.1. The number of carbonyl (C=O) groups is 2. The number of hydrogen-bond acceptors (Lipinski definition) is 4. The van der Waals surface area contributed by atoms with Crippen LogP contribution >= 0.6 is 0 Å². The molecule has 8 heteroatoms. The van der Waals surface area contributed by atoms with Gasteiger partial charge >= 0.3 is 6.61 Å². The average Bonchev–Trinajstić information content (AvgIpc) is 2.81. The smallest absolute Gasteiger partial charge is 0.387 e. The molecule has 0 bridgehead atoms.